The van der Waals surface area contributed by atoms with Gasteiger partial charge in [0, 0.05) is 18.5 Å². The summed E-state index contributed by atoms with van der Waals surface area (Å²) in [6.07, 6.45) is -0.0680. The molecule has 1 aliphatic rings. The van der Waals surface area contributed by atoms with Gasteiger partial charge in [-0.15, -0.1) is 0 Å². The molecule has 3 heteroatoms. The molecule has 0 saturated carbocycles. The van der Waals surface area contributed by atoms with Gasteiger partial charge in [-0.3, -0.25) is 0 Å². The summed E-state index contributed by atoms with van der Waals surface area (Å²) in [5, 5.41) is 12.7. The van der Waals surface area contributed by atoms with Gasteiger partial charge in [0.25, 0.3) is 0 Å². The van der Waals surface area contributed by atoms with Crippen molar-refractivity contribution in [3.63, 3.8) is 0 Å². The SMILES string of the molecule is CC(C)(C)C1(C(C)(C)C)CNCC(CO)OC1. The number of hydrogen-bond acceptors (Lipinski definition) is 3. The smallest absolute Gasteiger partial charge is 0.0929 e. The number of nitrogens with one attached hydrogen (secondary N) is 1. The monoisotopic (exact) mass is 243 g/mol. The van der Waals surface area contributed by atoms with E-state index in [9.17, 15) is 5.11 Å². The zero-order chi connectivity index (χ0) is 13.3. The van der Waals surface area contributed by atoms with E-state index in [0.29, 0.717) is 6.61 Å². The van der Waals surface area contributed by atoms with Crippen LogP contribution in [-0.4, -0.2) is 37.5 Å². The molecule has 1 aliphatic heterocycles. The first-order valence-electron chi connectivity index (χ1n) is 6.57. The lowest BCUT2D eigenvalue weighted by Gasteiger charge is -2.53. The molecular formula is C14H29NO2. The standard InChI is InChI=1S/C14H29NO2/c1-12(2,3)14(13(4,5)6)9-15-7-11(8-16)17-10-14/h11,15-16H,7-10H2,1-6H3. The molecule has 0 aromatic rings. The summed E-state index contributed by atoms with van der Waals surface area (Å²) < 4.78 is 5.91. The second-order valence-electron chi connectivity index (χ2n) is 7.33. The summed E-state index contributed by atoms with van der Waals surface area (Å²) in [5.74, 6) is 0. The second-order valence-corrected chi connectivity index (χ2v) is 7.33. The lowest BCUT2D eigenvalue weighted by atomic mass is 9.54. The Balaban J connectivity index is 3.01. The largest absolute Gasteiger partial charge is 0.394 e. The molecule has 0 spiro atoms. The summed E-state index contributed by atoms with van der Waals surface area (Å²) in [6.45, 7) is 16.2. The van der Waals surface area contributed by atoms with Gasteiger partial charge < -0.3 is 15.2 Å². The van der Waals surface area contributed by atoms with Crippen LogP contribution in [0, 0.1) is 16.2 Å². The molecule has 1 unspecified atom stereocenters. The predicted molar refractivity (Wildman–Crippen MR) is 71.0 cm³/mol. The Morgan fingerprint density at radius 2 is 1.71 bits per heavy atom. The van der Waals surface area contributed by atoms with Gasteiger partial charge in [-0.05, 0) is 10.8 Å². The van der Waals surface area contributed by atoms with Crippen molar-refractivity contribution in [2.75, 3.05) is 26.3 Å². The highest BCUT2D eigenvalue weighted by Gasteiger charge is 2.51. The molecule has 0 radical (unpaired) electrons. The molecule has 1 fully saturated rings. The van der Waals surface area contributed by atoms with E-state index in [1.54, 1.807) is 0 Å². The van der Waals surface area contributed by atoms with Crippen LogP contribution >= 0.6 is 0 Å². The van der Waals surface area contributed by atoms with Gasteiger partial charge in [-0.25, -0.2) is 0 Å². The maximum absolute atomic E-state index is 9.23. The van der Waals surface area contributed by atoms with E-state index in [0.717, 1.165) is 13.1 Å². The quantitative estimate of drug-likeness (QED) is 0.740. The minimum absolute atomic E-state index is 0.0680. The zero-order valence-corrected chi connectivity index (χ0v) is 12.3. The van der Waals surface area contributed by atoms with Gasteiger partial charge >= 0.3 is 0 Å². The third-order valence-electron chi connectivity index (χ3n) is 4.44. The van der Waals surface area contributed by atoms with Crippen molar-refractivity contribution in [1.29, 1.82) is 0 Å². The molecule has 0 bridgehead atoms. The van der Waals surface area contributed by atoms with Gasteiger partial charge in [-0.2, -0.15) is 0 Å². The molecule has 0 amide bonds. The van der Waals surface area contributed by atoms with E-state index in [4.69, 9.17) is 4.74 Å². The van der Waals surface area contributed by atoms with Crippen molar-refractivity contribution in [2.45, 2.75) is 47.6 Å². The van der Waals surface area contributed by atoms with Crippen LogP contribution in [0.3, 0.4) is 0 Å². The Kier molecular flexibility index (Phi) is 4.28. The van der Waals surface area contributed by atoms with E-state index in [-0.39, 0.29) is 29.0 Å². The number of hydrogen-bond donors (Lipinski definition) is 2. The van der Waals surface area contributed by atoms with Crippen molar-refractivity contribution < 1.29 is 9.84 Å². The lowest BCUT2D eigenvalue weighted by molar-refractivity contribution is -0.104. The number of ether oxygens (including phenoxy) is 1. The van der Waals surface area contributed by atoms with Crippen LogP contribution in [0.25, 0.3) is 0 Å². The fraction of sp³-hybridized carbons (Fsp3) is 1.00. The Labute approximate surface area is 106 Å². The summed E-state index contributed by atoms with van der Waals surface area (Å²) in [7, 11) is 0. The molecule has 0 aromatic carbocycles. The van der Waals surface area contributed by atoms with Crippen molar-refractivity contribution in [3.8, 4) is 0 Å². The van der Waals surface area contributed by atoms with E-state index >= 15 is 0 Å². The molecule has 1 heterocycles. The van der Waals surface area contributed by atoms with Crippen LogP contribution in [0.5, 0.6) is 0 Å². The normalized spacial score (nSPS) is 26.6. The lowest BCUT2D eigenvalue weighted by Crippen LogP contribution is -2.54. The van der Waals surface area contributed by atoms with Gasteiger partial charge in [0.1, 0.15) is 0 Å². The first kappa shape index (κ1) is 14.9. The molecule has 0 aliphatic carbocycles. The Morgan fingerprint density at radius 1 is 1.18 bits per heavy atom. The number of aliphatic hydroxyl groups excluding tert-OH is 1. The molecule has 102 valence electrons. The molecule has 1 atom stereocenters. The highest BCUT2D eigenvalue weighted by molar-refractivity contribution is 5.01. The highest BCUT2D eigenvalue weighted by atomic mass is 16.5. The topological polar surface area (TPSA) is 41.5 Å². The third-order valence-corrected chi connectivity index (χ3v) is 4.44. The maximum atomic E-state index is 9.23. The minimum atomic E-state index is -0.0680. The average molecular weight is 243 g/mol. The van der Waals surface area contributed by atoms with Gasteiger partial charge in [0.15, 0.2) is 0 Å². The predicted octanol–water partition coefficient (Wildman–Crippen LogP) is 2.05. The van der Waals surface area contributed by atoms with Crippen molar-refractivity contribution in [1.82, 2.24) is 5.32 Å². The van der Waals surface area contributed by atoms with Crippen molar-refractivity contribution in [3.05, 3.63) is 0 Å². The van der Waals surface area contributed by atoms with Crippen LogP contribution in [0.2, 0.25) is 0 Å². The molecule has 1 saturated heterocycles. The number of rotatable bonds is 1. The molecule has 1 rings (SSSR count). The third kappa shape index (κ3) is 2.83. The fourth-order valence-corrected chi connectivity index (χ4v) is 3.02. The van der Waals surface area contributed by atoms with E-state index in [2.05, 4.69) is 46.9 Å². The minimum Gasteiger partial charge on any atom is -0.394 e. The van der Waals surface area contributed by atoms with Crippen LogP contribution in [0.4, 0.5) is 0 Å². The summed E-state index contributed by atoms with van der Waals surface area (Å²) >= 11 is 0. The van der Waals surface area contributed by atoms with Crippen LogP contribution in [0.15, 0.2) is 0 Å². The number of aliphatic hydroxyl groups is 1. The molecular weight excluding hydrogens is 214 g/mol. The average Bonchev–Trinajstić information content (AvgIpc) is 2.37. The molecule has 2 N–H and O–H groups in total. The zero-order valence-electron chi connectivity index (χ0n) is 12.3. The Morgan fingerprint density at radius 3 is 2.12 bits per heavy atom. The second kappa shape index (κ2) is 4.87. The Hall–Kier alpha value is -0.120. The summed E-state index contributed by atoms with van der Waals surface area (Å²) in [6, 6.07) is 0. The molecule has 17 heavy (non-hydrogen) atoms. The van der Waals surface area contributed by atoms with Crippen molar-refractivity contribution >= 4 is 0 Å². The molecule has 0 aromatic heterocycles. The fourth-order valence-electron chi connectivity index (χ4n) is 3.02. The van der Waals surface area contributed by atoms with Gasteiger partial charge in [0.2, 0.25) is 0 Å². The van der Waals surface area contributed by atoms with Gasteiger partial charge in [0.05, 0.1) is 19.3 Å². The van der Waals surface area contributed by atoms with E-state index < -0.39 is 0 Å². The van der Waals surface area contributed by atoms with E-state index in [1.807, 2.05) is 0 Å². The van der Waals surface area contributed by atoms with Crippen LogP contribution < -0.4 is 5.32 Å². The maximum Gasteiger partial charge on any atom is 0.0929 e. The Bertz CT molecular complexity index is 236. The van der Waals surface area contributed by atoms with E-state index in [1.165, 1.54) is 0 Å². The molecule has 3 nitrogen and oxygen atoms in total. The highest BCUT2D eigenvalue weighted by Crippen LogP contribution is 2.51. The first-order valence-corrected chi connectivity index (χ1v) is 6.57. The van der Waals surface area contributed by atoms with Crippen LogP contribution in [0.1, 0.15) is 41.5 Å². The first-order chi connectivity index (χ1) is 7.64. The van der Waals surface area contributed by atoms with Gasteiger partial charge in [-0.1, -0.05) is 41.5 Å². The summed E-state index contributed by atoms with van der Waals surface area (Å²) in [5.41, 5.74) is 0.384. The summed E-state index contributed by atoms with van der Waals surface area (Å²) in [4.78, 5) is 0. The van der Waals surface area contributed by atoms with Crippen LogP contribution in [-0.2, 0) is 4.74 Å². The van der Waals surface area contributed by atoms with Crippen molar-refractivity contribution in [2.24, 2.45) is 16.2 Å².